The summed E-state index contributed by atoms with van der Waals surface area (Å²) >= 11 is 1.11. The van der Waals surface area contributed by atoms with E-state index in [-0.39, 0.29) is 17.2 Å². The van der Waals surface area contributed by atoms with Gasteiger partial charge >= 0.3 is 4.87 Å². The van der Waals surface area contributed by atoms with E-state index in [0.717, 1.165) is 22.6 Å². The zero-order valence-electron chi connectivity index (χ0n) is 11.1. The van der Waals surface area contributed by atoms with Gasteiger partial charge in [0.15, 0.2) is 0 Å². The van der Waals surface area contributed by atoms with Gasteiger partial charge in [0.25, 0.3) is 0 Å². The number of thiazole rings is 1. The summed E-state index contributed by atoms with van der Waals surface area (Å²) < 4.78 is 15.3. The first kappa shape index (κ1) is 13.6. The summed E-state index contributed by atoms with van der Waals surface area (Å²) in [5, 5.41) is 1.79. The highest BCUT2D eigenvalue weighted by atomic mass is 32.1. The fraction of sp³-hybridized carbons (Fsp3) is 0.0625. The molecule has 0 aliphatic rings. The van der Waals surface area contributed by atoms with E-state index in [1.165, 1.54) is 6.07 Å². The van der Waals surface area contributed by atoms with Crippen LogP contribution in [-0.2, 0) is 6.54 Å². The van der Waals surface area contributed by atoms with Crippen molar-refractivity contribution < 1.29 is 4.39 Å². The number of anilines is 1. The van der Waals surface area contributed by atoms with Crippen molar-refractivity contribution in [3.05, 3.63) is 75.0 Å². The van der Waals surface area contributed by atoms with Crippen molar-refractivity contribution >= 4 is 17.0 Å². The second-order valence-electron chi connectivity index (χ2n) is 4.69. The molecule has 3 nitrogen and oxygen atoms in total. The number of nitrogen functional groups attached to an aromatic ring is 1. The standard InChI is InChI=1S/C16H13FN2OS/c17-14-4-2-1-3-12(14)9-19-15(10-21-16(19)20)11-5-7-13(18)8-6-11/h1-8,10H,9,18H2. The van der Waals surface area contributed by atoms with E-state index >= 15 is 0 Å². The molecule has 0 amide bonds. The molecule has 21 heavy (non-hydrogen) atoms. The van der Waals surface area contributed by atoms with Crippen LogP contribution in [0.3, 0.4) is 0 Å². The highest BCUT2D eigenvalue weighted by Gasteiger charge is 2.11. The minimum absolute atomic E-state index is 0.106. The van der Waals surface area contributed by atoms with Crippen LogP contribution in [0.4, 0.5) is 10.1 Å². The SMILES string of the molecule is Nc1ccc(-c2csc(=O)n2Cc2ccccc2F)cc1. The Labute approximate surface area is 125 Å². The zero-order valence-corrected chi connectivity index (χ0v) is 11.9. The molecular formula is C16H13FN2OS. The van der Waals surface area contributed by atoms with E-state index < -0.39 is 0 Å². The van der Waals surface area contributed by atoms with Crippen LogP contribution in [0.1, 0.15) is 5.56 Å². The van der Waals surface area contributed by atoms with E-state index in [4.69, 9.17) is 5.73 Å². The van der Waals surface area contributed by atoms with Crippen LogP contribution in [0.2, 0.25) is 0 Å². The average molecular weight is 300 g/mol. The van der Waals surface area contributed by atoms with Crippen molar-refractivity contribution in [3.8, 4) is 11.3 Å². The number of hydrogen-bond acceptors (Lipinski definition) is 3. The average Bonchev–Trinajstić information content (AvgIpc) is 2.84. The van der Waals surface area contributed by atoms with Gasteiger partial charge in [0.05, 0.1) is 12.2 Å². The lowest BCUT2D eigenvalue weighted by molar-refractivity contribution is 0.599. The lowest BCUT2D eigenvalue weighted by Crippen LogP contribution is -2.15. The molecule has 0 saturated heterocycles. The van der Waals surface area contributed by atoms with Gasteiger partial charge in [-0.3, -0.25) is 9.36 Å². The molecule has 3 rings (SSSR count). The van der Waals surface area contributed by atoms with Crippen molar-refractivity contribution in [3.63, 3.8) is 0 Å². The minimum Gasteiger partial charge on any atom is -0.399 e. The molecule has 0 spiro atoms. The summed E-state index contributed by atoms with van der Waals surface area (Å²) in [5.41, 5.74) is 8.49. The van der Waals surface area contributed by atoms with Crippen LogP contribution in [-0.4, -0.2) is 4.57 Å². The molecular weight excluding hydrogens is 287 g/mol. The number of halogens is 1. The lowest BCUT2D eigenvalue weighted by Gasteiger charge is -2.09. The highest BCUT2D eigenvalue weighted by molar-refractivity contribution is 7.07. The van der Waals surface area contributed by atoms with Gasteiger partial charge < -0.3 is 5.73 Å². The largest absolute Gasteiger partial charge is 0.399 e. The molecule has 0 atom stereocenters. The Morgan fingerprint density at radius 3 is 2.52 bits per heavy atom. The van der Waals surface area contributed by atoms with Crippen LogP contribution in [0.25, 0.3) is 11.3 Å². The Bertz CT molecular complexity index is 821. The Hall–Kier alpha value is -2.40. The zero-order chi connectivity index (χ0) is 14.8. The topological polar surface area (TPSA) is 48.0 Å². The summed E-state index contributed by atoms with van der Waals surface area (Å²) in [7, 11) is 0. The number of nitrogens with zero attached hydrogens (tertiary/aromatic N) is 1. The number of benzene rings is 2. The van der Waals surface area contributed by atoms with Crippen LogP contribution < -0.4 is 10.6 Å². The summed E-state index contributed by atoms with van der Waals surface area (Å²) in [4.78, 5) is 11.9. The first-order chi connectivity index (χ1) is 10.1. The third-order valence-corrected chi connectivity index (χ3v) is 4.04. The second-order valence-corrected chi connectivity index (χ2v) is 5.51. The monoisotopic (exact) mass is 300 g/mol. The second kappa shape index (κ2) is 5.54. The van der Waals surface area contributed by atoms with Crippen molar-refractivity contribution in [2.75, 3.05) is 5.73 Å². The highest BCUT2D eigenvalue weighted by Crippen LogP contribution is 2.22. The molecule has 5 heteroatoms. The Morgan fingerprint density at radius 1 is 1.10 bits per heavy atom. The fourth-order valence-electron chi connectivity index (χ4n) is 2.16. The number of nitrogens with two attached hydrogens (primary N) is 1. The van der Waals surface area contributed by atoms with E-state index in [1.807, 2.05) is 12.1 Å². The maximum Gasteiger partial charge on any atom is 0.307 e. The molecule has 0 aliphatic carbocycles. The van der Waals surface area contributed by atoms with Crippen LogP contribution in [0.15, 0.2) is 58.7 Å². The lowest BCUT2D eigenvalue weighted by atomic mass is 10.1. The Balaban J connectivity index is 2.04. The third-order valence-electron chi connectivity index (χ3n) is 3.28. The van der Waals surface area contributed by atoms with Gasteiger partial charge in [0, 0.05) is 16.6 Å². The fourth-order valence-corrected chi connectivity index (χ4v) is 2.92. The minimum atomic E-state index is -0.307. The van der Waals surface area contributed by atoms with Gasteiger partial charge in [0.1, 0.15) is 5.82 Å². The van der Waals surface area contributed by atoms with E-state index in [0.29, 0.717) is 11.3 Å². The molecule has 2 N–H and O–H groups in total. The first-order valence-corrected chi connectivity index (χ1v) is 7.31. The molecule has 0 saturated carbocycles. The maximum absolute atomic E-state index is 13.8. The molecule has 3 aromatic rings. The van der Waals surface area contributed by atoms with Gasteiger partial charge in [-0.05, 0) is 23.8 Å². The molecule has 0 radical (unpaired) electrons. The normalized spacial score (nSPS) is 10.7. The maximum atomic E-state index is 13.8. The van der Waals surface area contributed by atoms with Crippen molar-refractivity contribution in [2.24, 2.45) is 0 Å². The van der Waals surface area contributed by atoms with Crippen LogP contribution in [0, 0.1) is 5.82 Å². The van der Waals surface area contributed by atoms with Gasteiger partial charge in [-0.25, -0.2) is 4.39 Å². The molecule has 1 heterocycles. The Kier molecular flexibility index (Phi) is 3.58. The summed E-state index contributed by atoms with van der Waals surface area (Å²) in [5.74, 6) is -0.307. The summed E-state index contributed by atoms with van der Waals surface area (Å²) in [6.45, 7) is 0.217. The van der Waals surface area contributed by atoms with Crippen molar-refractivity contribution in [2.45, 2.75) is 6.54 Å². The van der Waals surface area contributed by atoms with Gasteiger partial charge in [-0.1, -0.05) is 41.7 Å². The summed E-state index contributed by atoms with van der Waals surface area (Å²) in [6.07, 6.45) is 0. The van der Waals surface area contributed by atoms with Gasteiger partial charge in [-0.15, -0.1) is 0 Å². The number of hydrogen-bond donors (Lipinski definition) is 1. The molecule has 0 unspecified atom stereocenters. The van der Waals surface area contributed by atoms with Gasteiger partial charge in [-0.2, -0.15) is 0 Å². The van der Waals surface area contributed by atoms with Crippen molar-refractivity contribution in [1.29, 1.82) is 0 Å². The third kappa shape index (κ3) is 2.73. The smallest absolute Gasteiger partial charge is 0.307 e. The van der Waals surface area contributed by atoms with E-state index in [9.17, 15) is 9.18 Å². The predicted octanol–water partition coefficient (Wildman–Crippen LogP) is 3.35. The first-order valence-electron chi connectivity index (χ1n) is 6.43. The summed E-state index contributed by atoms with van der Waals surface area (Å²) in [6, 6.07) is 13.8. The molecule has 1 aromatic heterocycles. The van der Waals surface area contributed by atoms with Crippen LogP contribution >= 0.6 is 11.3 Å². The predicted molar refractivity (Wildman–Crippen MR) is 83.9 cm³/mol. The molecule has 2 aromatic carbocycles. The molecule has 0 fully saturated rings. The molecule has 106 valence electrons. The molecule has 0 aliphatic heterocycles. The number of aromatic nitrogens is 1. The van der Waals surface area contributed by atoms with Gasteiger partial charge in [0.2, 0.25) is 0 Å². The molecule has 0 bridgehead atoms. The number of rotatable bonds is 3. The van der Waals surface area contributed by atoms with E-state index in [2.05, 4.69) is 0 Å². The van der Waals surface area contributed by atoms with E-state index in [1.54, 1.807) is 40.3 Å². The Morgan fingerprint density at radius 2 is 1.81 bits per heavy atom. The quantitative estimate of drug-likeness (QED) is 0.754. The van der Waals surface area contributed by atoms with Crippen LogP contribution in [0.5, 0.6) is 0 Å². The van der Waals surface area contributed by atoms with Crippen molar-refractivity contribution in [1.82, 2.24) is 4.57 Å².